The predicted molar refractivity (Wildman–Crippen MR) is 133 cm³/mol. The Morgan fingerprint density at radius 1 is 1.13 bits per heavy atom. The van der Waals surface area contributed by atoms with Gasteiger partial charge in [0.15, 0.2) is 5.96 Å². The van der Waals surface area contributed by atoms with Crippen molar-refractivity contribution in [3.05, 3.63) is 47.7 Å². The number of hydrogen-bond acceptors (Lipinski definition) is 3. The molecule has 3 aromatic rings. The third kappa shape index (κ3) is 5.53. The van der Waals surface area contributed by atoms with E-state index < -0.39 is 0 Å². The molecule has 2 aromatic heterocycles. The lowest BCUT2D eigenvalue weighted by Gasteiger charge is -2.11. The summed E-state index contributed by atoms with van der Waals surface area (Å²) in [4.78, 5) is 8.09. The second-order valence-corrected chi connectivity index (χ2v) is 7.54. The lowest BCUT2D eigenvalue weighted by molar-refractivity contribution is 0.604. The Bertz CT molecular complexity index is 959. The van der Waals surface area contributed by atoms with Crippen LogP contribution in [0, 0.1) is 0 Å². The fraction of sp³-hybridized carbons (Fsp3) is 0.500. The summed E-state index contributed by atoms with van der Waals surface area (Å²) in [6, 6.07) is 8.43. The fourth-order valence-electron chi connectivity index (χ4n) is 3.99. The Morgan fingerprint density at radius 3 is 2.93 bits per heavy atom. The van der Waals surface area contributed by atoms with Gasteiger partial charge in [0.1, 0.15) is 11.6 Å². The first kappa shape index (κ1) is 22.6. The van der Waals surface area contributed by atoms with Gasteiger partial charge >= 0.3 is 0 Å². The molecular formula is C22H32IN7. The SMILES string of the molecule is CCNC(=NCCc1nnc2n1CCCCC2)NCCc1c[nH]c2ccccc12.I. The maximum Gasteiger partial charge on any atom is 0.191 e. The average molecular weight is 521 g/mol. The Morgan fingerprint density at radius 2 is 2.03 bits per heavy atom. The van der Waals surface area contributed by atoms with Crippen molar-refractivity contribution >= 4 is 40.8 Å². The van der Waals surface area contributed by atoms with Crippen LogP contribution in [0.25, 0.3) is 10.9 Å². The number of rotatable bonds is 7. The number of fused-ring (bicyclic) bond motifs is 2. The topological polar surface area (TPSA) is 82.9 Å². The quantitative estimate of drug-likeness (QED) is 0.253. The van der Waals surface area contributed by atoms with E-state index in [2.05, 4.69) is 67.8 Å². The maximum atomic E-state index is 4.75. The zero-order chi connectivity index (χ0) is 19.9. The van der Waals surface area contributed by atoms with Gasteiger partial charge in [0.2, 0.25) is 0 Å². The van der Waals surface area contributed by atoms with Gasteiger partial charge in [0, 0.05) is 56.1 Å². The molecule has 0 saturated heterocycles. The molecule has 0 radical (unpaired) electrons. The van der Waals surface area contributed by atoms with Crippen molar-refractivity contribution in [2.24, 2.45) is 4.99 Å². The average Bonchev–Trinajstić information content (AvgIpc) is 3.24. The number of nitrogens with one attached hydrogen (secondary N) is 3. The second kappa shape index (κ2) is 11.3. The number of aromatic amines is 1. The lowest BCUT2D eigenvalue weighted by atomic mass is 10.1. The van der Waals surface area contributed by atoms with Gasteiger partial charge in [0.05, 0.1) is 0 Å². The Balaban J connectivity index is 0.00000256. The van der Waals surface area contributed by atoms with Crippen LogP contribution in [0.2, 0.25) is 0 Å². The van der Waals surface area contributed by atoms with E-state index >= 15 is 0 Å². The standard InChI is InChI=1S/C22H31N7.HI/c1-2-23-22(24-13-11-17-16-26-19-9-6-5-8-18(17)19)25-14-12-21-28-27-20-10-4-3-7-15-29(20)21;/h5-6,8-9,16,26H,2-4,7,10-15H2,1H3,(H2,23,24,25);1H. The Hall–Kier alpha value is -2.10. The van der Waals surface area contributed by atoms with Crippen LogP contribution in [0.5, 0.6) is 0 Å². The minimum absolute atomic E-state index is 0. The molecule has 1 aliphatic rings. The number of benzene rings is 1. The fourth-order valence-corrected chi connectivity index (χ4v) is 3.99. The zero-order valence-corrected chi connectivity index (χ0v) is 20.0. The van der Waals surface area contributed by atoms with Gasteiger partial charge < -0.3 is 20.2 Å². The highest BCUT2D eigenvalue weighted by atomic mass is 127. The van der Waals surface area contributed by atoms with E-state index in [1.54, 1.807) is 0 Å². The van der Waals surface area contributed by atoms with E-state index in [-0.39, 0.29) is 24.0 Å². The van der Waals surface area contributed by atoms with E-state index in [9.17, 15) is 0 Å². The van der Waals surface area contributed by atoms with Crippen molar-refractivity contribution in [3.63, 3.8) is 0 Å². The molecule has 0 bridgehead atoms. The summed E-state index contributed by atoms with van der Waals surface area (Å²) in [5.41, 5.74) is 2.52. The normalized spacial score (nSPS) is 14.1. The monoisotopic (exact) mass is 521 g/mol. The van der Waals surface area contributed by atoms with Gasteiger partial charge in [-0.05, 0) is 37.8 Å². The Labute approximate surface area is 195 Å². The van der Waals surface area contributed by atoms with Gasteiger partial charge in [-0.1, -0.05) is 24.6 Å². The number of H-pyrrole nitrogens is 1. The molecule has 3 N–H and O–H groups in total. The second-order valence-electron chi connectivity index (χ2n) is 7.54. The van der Waals surface area contributed by atoms with Crippen molar-refractivity contribution in [2.75, 3.05) is 19.6 Å². The lowest BCUT2D eigenvalue weighted by Crippen LogP contribution is -2.38. The molecule has 1 aliphatic heterocycles. The summed E-state index contributed by atoms with van der Waals surface area (Å²) in [5, 5.41) is 16.9. The molecule has 0 aliphatic carbocycles. The van der Waals surface area contributed by atoms with Crippen LogP contribution in [0.15, 0.2) is 35.5 Å². The van der Waals surface area contributed by atoms with E-state index in [4.69, 9.17) is 4.99 Å². The first-order valence-electron chi connectivity index (χ1n) is 10.8. The summed E-state index contributed by atoms with van der Waals surface area (Å²) in [6.07, 6.45) is 8.66. The predicted octanol–water partition coefficient (Wildman–Crippen LogP) is 3.44. The molecule has 30 heavy (non-hydrogen) atoms. The molecule has 0 fully saturated rings. The van der Waals surface area contributed by atoms with Crippen molar-refractivity contribution in [1.82, 2.24) is 30.4 Å². The van der Waals surface area contributed by atoms with Crippen molar-refractivity contribution in [1.29, 1.82) is 0 Å². The summed E-state index contributed by atoms with van der Waals surface area (Å²) in [7, 11) is 0. The number of aromatic nitrogens is 4. The van der Waals surface area contributed by atoms with Crippen LogP contribution < -0.4 is 10.6 Å². The summed E-state index contributed by atoms with van der Waals surface area (Å²) in [6.45, 7) is 5.54. The number of halogens is 1. The van der Waals surface area contributed by atoms with Crippen molar-refractivity contribution in [2.45, 2.75) is 52.0 Å². The minimum Gasteiger partial charge on any atom is -0.361 e. The maximum absolute atomic E-state index is 4.75. The highest BCUT2D eigenvalue weighted by Gasteiger charge is 2.14. The van der Waals surface area contributed by atoms with Crippen LogP contribution in [0.4, 0.5) is 0 Å². The highest BCUT2D eigenvalue weighted by molar-refractivity contribution is 14.0. The highest BCUT2D eigenvalue weighted by Crippen LogP contribution is 2.17. The molecule has 0 spiro atoms. The molecule has 0 unspecified atom stereocenters. The van der Waals surface area contributed by atoms with E-state index in [0.29, 0.717) is 6.54 Å². The molecule has 3 heterocycles. The number of para-hydroxylation sites is 1. The number of hydrogen-bond donors (Lipinski definition) is 3. The molecule has 0 atom stereocenters. The molecule has 7 nitrogen and oxygen atoms in total. The van der Waals surface area contributed by atoms with Gasteiger partial charge in [-0.3, -0.25) is 4.99 Å². The minimum atomic E-state index is 0. The molecule has 1 aromatic carbocycles. The third-order valence-corrected chi connectivity index (χ3v) is 5.50. The molecule has 8 heteroatoms. The third-order valence-electron chi connectivity index (χ3n) is 5.50. The largest absolute Gasteiger partial charge is 0.361 e. The van der Waals surface area contributed by atoms with Crippen LogP contribution in [0.3, 0.4) is 0 Å². The number of aryl methyl sites for hydroxylation is 1. The summed E-state index contributed by atoms with van der Waals surface area (Å²) >= 11 is 0. The van der Waals surface area contributed by atoms with Crippen molar-refractivity contribution in [3.8, 4) is 0 Å². The first-order valence-corrected chi connectivity index (χ1v) is 10.8. The van der Waals surface area contributed by atoms with Crippen LogP contribution in [-0.4, -0.2) is 45.3 Å². The molecular weight excluding hydrogens is 489 g/mol. The van der Waals surface area contributed by atoms with Crippen LogP contribution in [-0.2, 0) is 25.8 Å². The van der Waals surface area contributed by atoms with Crippen LogP contribution in [0.1, 0.15) is 43.4 Å². The first-order chi connectivity index (χ1) is 14.3. The van der Waals surface area contributed by atoms with Crippen molar-refractivity contribution < 1.29 is 0 Å². The molecule has 162 valence electrons. The summed E-state index contributed by atoms with van der Waals surface area (Å²) in [5.74, 6) is 3.08. The van der Waals surface area contributed by atoms with E-state index in [0.717, 1.165) is 56.5 Å². The van der Waals surface area contributed by atoms with Gasteiger partial charge in [-0.25, -0.2) is 0 Å². The van der Waals surface area contributed by atoms with Gasteiger partial charge in [0.25, 0.3) is 0 Å². The van der Waals surface area contributed by atoms with E-state index in [1.165, 1.54) is 35.7 Å². The number of guanidine groups is 1. The number of nitrogens with zero attached hydrogens (tertiary/aromatic N) is 4. The van der Waals surface area contributed by atoms with Crippen LogP contribution >= 0.6 is 24.0 Å². The molecule has 4 rings (SSSR count). The summed E-state index contributed by atoms with van der Waals surface area (Å²) < 4.78 is 2.31. The smallest absolute Gasteiger partial charge is 0.191 e. The zero-order valence-electron chi connectivity index (χ0n) is 17.7. The molecule has 0 amide bonds. The Kier molecular flexibility index (Phi) is 8.53. The van der Waals surface area contributed by atoms with Gasteiger partial charge in [-0.15, -0.1) is 34.2 Å². The van der Waals surface area contributed by atoms with E-state index in [1.807, 2.05) is 0 Å². The number of aliphatic imine (C=N–C) groups is 1. The molecule has 0 saturated carbocycles. The van der Waals surface area contributed by atoms with Gasteiger partial charge in [-0.2, -0.15) is 0 Å².